The topological polar surface area (TPSA) is 96.4 Å². The lowest BCUT2D eigenvalue weighted by atomic mass is 10.0. The molecule has 28 heavy (non-hydrogen) atoms. The van der Waals surface area contributed by atoms with E-state index in [1.165, 1.54) is 24.5 Å². The van der Waals surface area contributed by atoms with Gasteiger partial charge in [-0.05, 0) is 23.3 Å². The molecule has 1 aromatic heterocycles. The molecule has 0 aliphatic carbocycles. The normalized spacial score (nSPS) is 11.4. The van der Waals surface area contributed by atoms with Crippen molar-refractivity contribution in [3.63, 3.8) is 0 Å². The second kappa shape index (κ2) is 8.22. The lowest BCUT2D eigenvalue weighted by Crippen LogP contribution is -2.04. The molecule has 2 aromatic carbocycles. The van der Waals surface area contributed by atoms with Gasteiger partial charge in [0.15, 0.2) is 15.0 Å². The first kappa shape index (κ1) is 20.2. The van der Waals surface area contributed by atoms with Crippen molar-refractivity contribution in [2.75, 3.05) is 11.6 Å². The predicted molar refractivity (Wildman–Crippen MR) is 110 cm³/mol. The van der Waals surface area contributed by atoms with E-state index in [1.807, 2.05) is 24.3 Å². The molecular formula is C20H20N2O4S2. The number of carbonyl (C=O) groups excluding carboxylic acids is 1. The van der Waals surface area contributed by atoms with Gasteiger partial charge in [0.05, 0.1) is 17.2 Å². The number of benzene rings is 2. The Hall–Kier alpha value is -2.55. The molecule has 3 rings (SSSR count). The van der Waals surface area contributed by atoms with Gasteiger partial charge in [0.1, 0.15) is 0 Å². The van der Waals surface area contributed by atoms with Crippen molar-refractivity contribution in [1.82, 2.24) is 4.98 Å². The predicted octanol–water partition coefficient (Wildman–Crippen LogP) is 3.26. The van der Waals surface area contributed by atoms with Crippen LogP contribution in [0.3, 0.4) is 0 Å². The first-order valence-electron chi connectivity index (χ1n) is 8.52. The summed E-state index contributed by atoms with van der Waals surface area (Å²) in [6.45, 7) is 1.40. The second-order valence-electron chi connectivity index (χ2n) is 6.42. The van der Waals surface area contributed by atoms with Crippen LogP contribution in [0.2, 0.25) is 0 Å². The summed E-state index contributed by atoms with van der Waals surface area (Å²) in [4.78, 5) is 17.2. The highest BCUT2D eigenvalue weighted by atomic mass is 32.2. The highest BCUT2D eigenvalue weighted by Crippen LogP contribution is 2.33. The summed E-state index contributed by atoms with van der Waals surface area (Å²) in [7, 11) is -3.24. The van der Waals surface area contributed by atoms with E-state index in [2.05, 4.69) is 10.3 Å². The van der Waals surface area contributed by atoms with E-state index in [0.717, 1.165) is 27.3 Å². The Kier molecular flexibility index (Phi) is 5.93. The molecule has 1 heterocycles. The third kappa shape index (κ3) is 4.83. The minimum atomic E-state index is -3.24. The molecule has 0 aliphatic rings. The smallest absolute Gasteiger partial charge is 0.223 e. The van der Waals surface area contributed by atoms with E-state index < -0.39 is 9.84 Å². The zero-order valence-electron chi connectivity index (χ0n) is 15.5. The van der Waals surface area contributed by atoms with Gasteiger partial charge in [0.25, 0.3) is 0 Å². The highest BCUT2D eigenvalue weighted by molar-refractivity contribution is 7.90. The van der Waals surface area contributed by atoms with Crippen LogP contribution in [0.4, 0.5) is 5.13 Å². The Labute approximate surface area is 167 Å². The first-order chi connectivity index (χ1) is 13.3. The van der Waals surface area contributed by atoms with E-state index in [-0.39, 0.29) is 17.4 Å². The maximum absolute atomic E-state index is 11.6. The molecule has 6 nitrogen and oxygen atoms in total. The van der Waals surface area contributed by atoms with E-state index in [4.69, 9.17) is 0 Å². The summed E-state index contributed by atoms with van der Waals surface area (Å²) in [6, 6.07) is 14.2. The number of sulfone groups is 1. The number of thiazole rings is 1. The summed E-state index contributed by atoms with van der Waals surface area (Å²) in [5, 5.41) is 12.5. The van der Waals surface area contributed by atoms with Gasteiger partial charge in [-0.2, -0.15) is 0 Å². The van der Waals surface area contributed by atoms with Crippen LogP contribution in [0.1, 0.15) is 22.9 Å². The van der Waals surface area contributed by atoms with Gasteiger partial charge in [0.2, 0.25) is 5.91 Å². The molecular weight excluding hydrogens is 396 g/mol. The quantitative estimate of drug-likeness (QED) is 0.643. The number of nitrogens with zero attached hydrogens (tertiary/aromatic N) is 1. The van der Waals surface area contributed by atoms with Crippen molar-refractivity contribution in [2.45, 2.75) is 24.8 Å². The fourth-order valence-electron chi connectivity index (χ4n) is 2.71. The minimum Gasteiger partial charge on any atom is -0.392 e. The first-order valence-corrected chi connectivity index (χ1v) is 11.2. The van der Waals surface area contributed by atoms with Crippen LogP contribution in [0.25, 0.3) is 11.3 Å². The fraction of sp³-hybridized carbons (Fsp3) is 0.200. The number of aliphatic hydroxyl groups is 1. The van der Waals surface area contributed by atoms with E-state index in [9.17, 15) is 18.3 Å². The van der Waals surface area contributed by atoms with Crippen LogP contribution in [-0.2, 0) is 27.7 Å². The average molecular weight is 417 g/mol. The Morgan fingerprint density at radius 3 is 2.21 bits per heavy atom. The standard InChI is InChI=1S/C20H20N2O4S2/c1-13(24)21-20-22-19(16-7-3-15(12-23)4-8-16)18(27-20)11-14-5-9-17(10-6-14)28(2,25)26/h3-10,23H,11-12H2,1-2H3,(H,21,22,24). The van der Waals surface area contributed by atoms with E-state index in [1.54, 1.807) is 24.3 Å². The molecule has 146 valence electrons. The summed E-state index contributed by atoms with van der Waals surface area (Å²) in [5.74, 6) is -0.194. The number of hydrogen-bond donors (Lipinski definition) is 2. The Morgan fingerprint density at radius 1 is 1.07 bits per heavy atom. The molecule has 0 aliphatic heterocycles. The zero-order chi connectivity index (χ0) is 20.3. The molecule has 0 radical (unpaired) electrons. The number of hydrogen-bond acceptors (Lipinski definition) is 6. The van der Waals surface area contributed by atoms with Crippen molar-refractivity contribution in [3.05, 3.63) is 64.5 Å². The van der Waals surface area contributed by atoms with Gasteiger partial charge in [-0.3, -0.25) is 4.79 Å². The molecule has 0 fully saturated rings. The average Bonchev–Trinajstić information content (AvgIpc) is 3.03. The van der Waals surface area contributed by atoms with Crippen LogP contribution in [0.15, 0.2) is 53.4 Å². The Bertz CT molecular complexity index is 1090. The van der Waals surface area contributed by atoms with Crippen molar-refractivity contribution < 1.29 is 18.3 Å². The van der Waals surface area contributed by atoms with Gasteiger partial charge < -0.3 is 10.4 Å². The number of aromatic nitrogens is 1. The largest absolute Gasteiger partial charge is 0.392 e. The highest BCUT2D eigenvalue weighted by Gasteiger charge is 2.15. The third-order valence-corrected chi connectivity index (χ3v) is 6.21. The summed E-state index contributed by atoms with van der Waals surface area (Å²) < 4.78 is 23.3. The molecule has 2 N–H and O–H groups in total. The third-order valence-electron chi connectivity index (χ3n) is 4.11. The van der Waals surface area contributed by atoms with Gasteiger partial charge in [-0.1, -0.05) is 36.4 Å². The SMILES string of the molecule is CC(=O)Nc1nc(-c2ccc(CO)cc2)c(Cc2ccc(S(C)(=O)=O)cc2)s1. The zero-order valence-corrected chi connectivity index (χ0v) is 17.1. The maximum atomic E-state index is 11.6. The molecule has 0 saturated heterocycles. The van der Waals surface area contributed by atoms with Crippen LogP contribution in [0.5, 0.6) is 0 Å². The fourth-order valence-corrected chi connectivity index (χ4v) is 4.40. The molecule has 0 spiro atoms. The molecule has 0 bridgehead atoms. The van der Waals surface area contributed by atoms with Crippen LogP contribution in [0, 0.1) is 0 Å². The molecule has 0 atom stereocenters. The minimum absolute atomic E-state index is 0.0337. The monoisotopic (exact) mass is 416 g/mol. The van der Waals surface area contributed by atoms with Gasteiger partial charge in [0, 0.05) is 30.0 Å². The number of rotatable bonds is 6. The summed E-state index contributed by atoms with van der Waals surface area (Å²) in [5.41, 5.74) is 3.39. The van der Waals surface area contributed by atoms with E-state index in [0.29, 0.717) is 11.6 Å². The number of carbonyl (C=O) groups is 1. The number of aliphatic hydroxyl groups excluding tert-OH is 1. The number of anilines is 1. The molecule has 8 heteroatoms. The summed E-state index contributed by atoms with van der Waals surface area (Å²) >= 11 is 1.39. The number of amides is 1. The van der Waals surface area contributed by atoms with Crippen LogP contribution in [-0.4, -0.2) is 30.7 Å². The van der Waals surface area contributed by atoms with Gasteiger partial charge in [-0.25, -0.2) is 13.4 Å². The van der Waals surface area contributed by atoms with Crippen molar-refractivity contribution >= 4 is 32.2 Å². The van der Waals surface area contributed by atoms with Crippen molar-refractivity contribution in [2.24, 2.45) is 0 Å². The number of nitrogens with one attached hydrogen (secondary N) is 1. The molecule has 3 aromatic rings. The van der Waals surface area contributed by atoms with Crippen LogP contribution >= 0.6 is 11.3 Å². The van der Waals surface area contributed by atoms with Crippen molar-refractivity contribution in [1.29, 1.82) is 0 Å². The van der Waals surface area contributed by atoms with E-state index >= 15 is 0 Å². The lowest BCUT2D eigenvalue weighted by molar-refractivity contribution is -0.114. The van der Waals surface area contributed by atoms with Gasteiger partial charge in [-0.15, -0.1) is 11.3 Å². The molecule has 0 unspecified atom stereocenters. The van der Waals surface area contributed by atoms with Gasteiger partial charge >= 0.3 is 0 Å². The second-order valence-corrected chi connectivity index (χ2v) is 9.52. The lowest BCUT2D eigenvalue weighted by Gasteiger charge is -2.05. The van der Waals surface area contributed by atoms with Crippen molar-refractivity contribution in [3.8, 4) is 11.3 Å². The molecule has 0 saturated carbocycles. The Morgan fingerprint density at radius 2 is 1.68 bits per heavy atom. The molecule has 1 amide bonds. The van der Waals surface area contributed by atoms with Crippen LogP contribution < -0.4 is 5.32 Å². The maximum Gasteiger partial charge on any atom is 0.223 e. The summed E-state index contributed by atoms with van der Waals surface area (Å²) in [6.07, 6.45) is 1.73. The Balaban J connectivity index is 1.96.